The standard InChI is InChI=1S/2C4H9Cl2Si.Hg/c2*1-7(2,3)4(5)6;/h2*1-3H3;. The molecule has 0 atom stereocenters. The first-order valence-electron chi connectivity index (χ1n) is 4.96. The molecule has 0 aliphatic carbocycles. The third kappa shape index (κ3) is 4.96. The Labute approximate surface area is 128 Å². The second-order valence-electron chi connectivity index (χ2n) is 6.09. The van der Waals surface area contributed by atoms with Crippen LogP contribution in [0.25, 0.3) is 0 Å². The van der Waals surface area contributed by atoms with Crippen molar-refractivity contribution in [1.82, 2.24) is 0 Å². The van der Waals surface area contributed by atoms with Gasteiger partial charge in [0.1, 0.15) is 0 Å². The summed E-state index contributed by atoms with van der Waals surface area (Å²) in [5.41, 5.74) is 0. The zero-order chi connectivity index (χ0) is 12.7. The quantitative estimate of drug-likeness (QED) is 0.364. The van der Waals surface area contributed by atoms with Crippen molar-refractivity contribution in [1.29, 1.82) is 0 Å². The Bertz CT molecular complexity index is 206. The van der Waals surface area contributed by atoms with Gasteiger partial charge in [0.05, 0.1) is 0 Å². The van der Waals surface area contributed by atoms with Gasteiger partial charge in [-0.3, -0.25) is 0 Å². The minimum absolute atomic E-state index is 0.545. The Hall–Kier alpha value is 2.53. The fourth-order valence-electron chi connectivity index (χ4n) is 0.809. The molecule has 7 heteroatoms. The molecule has 0 nitrogen and oxygen atoms in total. The van der Waals surface area contributed by atoms with E-state index in [0.717, 1.165) is 0 Å². The monoisotopic (exact) mass is 512 g/mol. The van der Waals surface area contributed by atoms with Crippen molar-refractivity contribution in [2.45, 2.75) is 42.2 Å². The van der Waals surface area contributed by atoms with Crippen LogP contribution in [0.3, 0.4) is 0 Å². The van der Waals surface area contributed by atoms with Gasteiger partial charge in [-0.25, -0.2) is 0 Å². The van der Waals surface area contributed by atoms with E-state index in [1.165, 1.54) is 0 Å². The van der Waals surface area contributed by atoms with Gasteiger partial charge in [-0.1, -0.05) is 0 Å². The molecule has 15 heavy (non-hydrogen) atoms. The van der Waals surface area contributed by atoms with Crippen LogP contribution in [0.1, 0.15) is 0 Å². The molecule has 0 aliphatic heterocycles. The summed E-state index contributed by atoms with van der Waals surface area (Å²) in [6.45, 7) is 13.1. The topological polar surface area (TPSA) is 0 Å². The molecular formula is C8H18Cl4HgSi2. The normalized spacial score (nSPS) is 15.1. The van der Waals surface area contributed by atoms with Crippen LogP contribution in [0.15, 0.2) is 0 Å². The first kappa shape index (κ1) is 17.5. The molecular weight excluding hydrogens is 495 g/mol. The van der Waals surface area contributed by atoms with Crippen LogP contribution in [0, 0.1) is 0 Å². The van der Waals surface area contributed by atoms with E-state index in [9.17, 15) is 0 Å². The van der Waals surface area contributed by atoms with Gasteiger partial charge in [0.25, 0.3) is 0 Å². The van der Waals surface area contributed by atoms with E-state index in [4.69, 9.17) is 46.4 Å². The average Bonchev–Trinajstić information content (AvgIpc) is 1.77. The molecule has 0 saturated heterocycles. The first-order valence-corrected chi connectivity index (χ1v) is 19.0. The van der Waals surface area contributed by atoms with E-state index < -0.39 is 43.7 Å². The Balaban J connectivity index is 4.89. The predicted octanol–water partition coefficient (Wildman–Crippen LogP) is 5.09. The Kier molecular flexibility index (Phi) is 6.15. The number of rotatable bonds is 4. The molecule has 0 aliphatic rings. The van der Waals surface area contributed by atoms with Crippen LogP contribution in [0.5, 0.6) is 0 Å². The molecule has 0 aromatic rings. The van der Waals surface area contributed by atoms with Crippen LogP contribution in [0.2, 0.25) is 39.3 Å². The maximum atomic E-state index is 6.48. The van der Waals surface area contributed by atoms with Crippen molar-refractivity contribution < 1.29 is 24.6 Å². The molecule has 0 amide bonds. The van der Waals surface area contributed by atoms with Crippen molar-refractivity contribution >= 4 is 62.6 Å². The van der Waals surface area contributed by atoms with Crippen LogP contribution in [-0.4, -0.2) is 19.1 Å². The zero-order valence-electron chi connectivity index (χ0n) is 10.2. The van der Waals surface area contributed by atoms with Gasteiger partial charge < -0.3 is 0 Å². The minimum atomic E-state index is -1.80. The number of halogens is 4. The summed E-state index contributed by atoms with van der Waals surface area (Å²) >= 11 is 24.1. The molecule has 0 heterocycles. The molecule has 0 unspecified atom stereocenters. The van der Waals surface area contributed by atoms with E-state index in [-0.39, 0.29) is 0 Å². The zero-order valence-corrected chi connectivity index (χ0v) is 20.7. The molecule has 0 fully saturated rings. The molecule has 88 valence electrons. The first-order chi connectivity index (χ1) is 6.21. The van der Waals surface area contributed by atoms with Gasteiger partial charge >= 0.3 is 129 Å². The summed E-state index contributed by atoms with van der Waals surface area (Å²) in [6, 6.07) is 0. The molecule has 0 radical (unpaired) electrons. The van der Waals surface area contributed by atoms with Crippen molar-refractivity contribution in [2.24, 2.45) is 0 Å². The van der Waals surface area contributed by atoms with Gasteiger partial charge in [-0.15, -0.1) is 0 Å². The summed E-state index contributed by atoms with van der Waals surface area (Å²) in [6.07, 6.45) is 0. The van der Waals surface area contributed by atoms with Crippen LogP contribution in [0.4, 0.5) is 0 Å². The van der Waals surface area contributed by atoms with Gasteiger partial charge in [0.15, 0.2) is 0 Å². The summed E-state index contributed by atoms with van der Waals surface area (Å²) in [5, 5.41) is 0. The molecule has 0 N–H and O–H groups in total. The van der Waals surface area contributed by atoms with E-state index in [1.54, 1.807) is 0 Å². The van der Waals surface area contributed by atoms with E-state index in [0.29, 0.717) is 0 Å². The fraction of sp³-hybridized carbons (Fsp3) is 1.00. The van der Waals surface area contributed by atoms with Crippen molar-refractivity contribution in [3.8, 4) is 0 Å². The average molecular weight is 513 g/mol. The summed E-state index contributed by atoms with van der Waals surface area (Å²) in [7, 11) is -3.18. The summed E-state index contributed by atoms with van der Waals surface area (Å²) in [4.78, 5) is 0. The van der Waals surface area contributed by atoms with Crippen molar-refractivity contribution in [3.63, 3.8) is 0 Å². The molecule has 0 spiro atoms. The van der Waals surface area contributed by atoms with Crippen LogP contribution >= 0.6 is 46.4 Å². The number of alkyl halides is 4. The molecule has 0 saturated carbocycles. The fourth-order valence-corrected chi connectivity index (χ4v) is 36.0. The Morgan fingerprint density at radius 3 is 1.00 bits per heavy atom. The molecule has 0 bridgehead atoms. The van der Waals surface area contributed by atoms with Crippen LogP contribution in [-0.2, 0) is 24.6 Å². The van der Waals surface area contributed by atoms with Gasteiger partial charge in [-0.2, -0.15) is 0 Å². The van der Waals surface area contributed by atoms with E-state index >= 15 is 0 Å². The molecule has 0 rings (SSSR count). The molecule has 0 aromatic carbocycles. The Morgan fingerprint density at radius 2 is 0.867 bits per heavy atom. The van der Waals surface area contributed by atoms with Gasteiger partial charge in [-0.05, 0) is 0 Å². The second kappa shape index (κ2) is 5.26. The van der Waals surface area contributed by atoms with Crippen molar-refractivity contribution in [2.75, 3.05) is 0 Å². The molecule has 0 aromatic heterocycles. The van der Waals surface area contributed by atoms with Crippen LogP contribution < -0.4 is 0 Å². The second-order valence-corrected chi connectivity index (χ2v) is 43.1. The SMILES string of the molecule is C[Si](C)(C)[C](Cl)(Cl)[Hg][C](Cl)(Cl)[Si](C)(C)C. The van der Waals surface area contributed by atoms with Gasteiger partial charge in [0, 0.05) is 0 Å². The summed E-state index contributed by atoms with van der Waals surface area (Å²) in [5.74, 6) is 0. The maximum absolute atomic E-state index is 6.48. The van der Waals surface area contributed by atoms with Crippen molar-refractivity contribution in [3.05, 3.63) is 0 Å². The number of hydrogen-bond acceptors (Lipinski definition) is 0. The predicted molar refractivity (Wildman–Crippen MR) is 75.6 cm³/mol. The third-order valence-electron chi connectivity index (χ3n) is 2.64. The number of hydrogen-bond donors (Lipinski definition) is 0. The third-order valence-corrected chi connectivity index (χ3v) is 49.8. The van der Waals surface area contributed by atoms with Gasteiger partial charge in [0.2, 0.25) is 0 Å². The summed E-state index contributed by atoms with van der Waals surface area (Å²) < 4.78 is -1.09. The van der Waals surface area contributed by atoms with E-state index in [2.05, 4.69) is 39.3 Å². The van der Waals surface area contributed by atoms with E-state index in [1.807, 2.05) is 0 Å². The Morgan fingerprint density at radius 1 is 0.667 bits per heavy atom.